The van der Waals surface area contributed by atoms with Crippen LogP contribution in [0.2, 0.25) is 0 Å². The zero-order valence-electron chi connectivity index (χ0n) is 14.9. The van der Waals surface area contributed by atoms with Gasteiger partial charge in [0.15, 0.2) is 10.9 Å². The molecule has 0 aliphatic carbocycles. The standard InChI is InChI=1S/C19H22N2O4S/c1-13-17(14(2)22)26-18(20-13)21(11-16-9-6-10-24-16)19(23)25-12-15-7-4-3-5-8-15/h3-5,7-8,16H,6,9-12H2,1-2H3. The van der Waals surface area contributed by atoms with Crippen molar-refractivity contribution in [3.05, 3.63) is 46.5 Å². The Morgan fingerprint density at radius 3 is 2.73 bits per heavy atom. The van der Waals surface area contributed by atoms with Gasteiger partial charge >= 0.3 is 6.09 Å². The normalized spacial score (nSPS) is 16.5. The van der Waals surface area contributed by atoms with E-state index in [0.29, 0.717) is 28.9 Å². The summed E-state index contributed by atoms with van der Waals surface area (Å²) < 4.78 is 11.1. The Hall–Kier alpha value is -2.25. The molecular formula is C19H22N2O4S. The number of hydrogen-bond donors (Lipinski definition) is 0. The van der Waals surface area contributed by atoms with Crippen LogP contribution in [-0.2, 0) is 16.1 Å². The van der Waals surface area contributed by atoms with Crippen LogP contribution < -0.4 is 4.90 Å². The van der Waals surface area contributed by atoms with E-state index in [9.17, 15) is 9.59 Å². The van der Waals surface area contributed by atoms with Gasteiger partial charge in [-0.05, 0) is 25.3 Å². The van der Waals surface area contributed by atoms with E-state index in [0.717, 1.165) is 18.4 Å². The number of aromatic nitrogens is 1. The number of rotatable bonds is 6. The van der Waals surface area contributed by atoms with Gasteiger partial charge in [-0.15, -0.1) is 0 Å². The monoisotopic (exact) mass is 374 g/mol. The molecule has 0 bridgehead atoms. The van der Waals surface area contributed by atoms with Crippen molar-refractivity contribution < 1.29 is 19.1 Å². The number of carbonyl (C=O) groups excluding carboxylic acids is 2. The van der Waals surface area contributed by atoms with Gasteiger partial charge < -0.3 is 9.47 Å². The SMILES string of the molecule is CC(=O)c1sc(N(CC2CCCO2)C(=O)OCc2ccccc2)nc1C. The van der Waals surface area contributed by atoms with Crippen molar-refractivity contribution in [1.29, 1.82) is 0 Å². The first-order valence-electron chi connectivity index (χ1n) is 8.63. The summed E-state index contributed by atoms with van der Waals surface area (Å²) in [6.45, 7) is 4.54. The molecule has 6 nitrogen and oxygen atoms in total. The lowest BCUT2D eigenvalue weighted by Crippen LogP contribution is -2.37. The number of hydrogen-bond acceptors (Lipinski definition) is 6. The molecule has 1 aromatic heterocycles. The molecule has 2 aromatic rings. The third kappa shape index (κ3) is 4.47. The summed E-state index contributed by atoms with van der Waals surface area (Å²) in [5.74, 6) is -0.0547. The molecule has 1 unspecified atom stereocenters. The number of thiazole rings is 1. The summed E-state index contributed by atoms with van der Waals surface area (Å²) >= 11 is 1.22. The van der Waals surface area contributed by atoms with Gasteiger partial charge in [0.1, 0.15) is 6.61 Å². The fourth-order valence-electron chi connectivity index (χ4n) is 2.84. The molecule has 1 atom stereocenters. The van der Waals surface area contributed by atoms with Crippen LogP contribution in [0.15, 0.2) is 30.3 Å². The molecule has 0 N–H and O–H groups in total. The number of aryl methyl sites for hydroxylation is 1. The van der Waals surface area contributed by atoms with Crippen LogP contribution in [-0.4, -0.2) is 36.1 Å². The van der Waals surface area contributed by atoms with Crippen LogP contribution in [0.4, 0.5) is 9.93 Å². The zero-order valence-corrected chi connectivity index (χ0v) is 15.8. The van der Waals surface area contributed by atoms with Crippen molar-refractivity contribution in [2.24, 2.45) is 0 Å². The summed E-state index contributed by atoms with van der Waals surface area (Å²) in [4.78, 5) is 30.9. The van der Waals surface area contributed by atoms with Crippen LogP contribution in [0.25, 0.3) is 0 Å². The second-order valence-corrected chi connectivity index (χ2v) is 7.23. The predicted octanol–water partition coefficient (Wildman–Crippen LogP) is 3.98. The molecule has 1 aromatic carbocycles. The molecule has 138 valence electrons. The fraction of sp³-hybridized carbons (Fsp3) is 0.421. The van der Waals surface area contributed by atoms with Crippen LogP contribution in [0.3, 0.4) is 0 Å². The summed E-state index contributed by atoms with van der Waals surface area (Å²) in [5.41, 5.74) is 1.54. The number of Topliss-reactive ketones (excluding diaryl/α,β-unsaturated/α-hetero) is 1. The van der Waals surface area contributed by atoms with Crippen LogP contribution in [0, 0.1) is 6.92 Å². The largest absolute Gasteiger partial charge is 0.444 e. The van der Waals surface area contributed by atoms with E-state index in [1.165, 1.54) is 23.2 Å². The van der Waals surface area contributed by atoms with Gasteiger partial charge in [-0.25, -0.2) is 9.78 Å². The molecule has 0 saturated carbocycles. The number of ether oxygens (including phenoxy) is 2. The molecule has 1 aliphatic rings. The van der Waals surface area contributed by atoms with Crippen LogP contribution >= 0.6 is 11.3 Å². The van der Waals surface area contributed by atoms with Crippen molar-refractivity contribution in [2.45, 2.75) is 39.4 Å². The lowest BCUT2D eigenvalue weighted by atomic mass is 10.2. The predicted molar refractivity (Wildman–Crippen MR) is 99.8 cm³/mol. The highest BCUT2D eigenvalue weighted by atomic mass is 32.1. The maximum atomic E-state index is 12.7. The number of carbonyl (C=O) groups is 2. The number of nitrogens with zero attached hydrogens (tertiary/aromatic N) is 2. The number of amides is 1. The smallest absolute Gasteiger partial charge is 0.416 e. The molecule has 2 heterocycles. The van der Waals surface area contributed by atoms with E-state index in [1.54, 1.807) is 6.92 Å². The second-order valence-electron chi connectivity index (χ2n) is 6.25. The van der Waals surface area contributed by atoms with E-state index in [2.05, 4.69) is 4.98 Å². The lowest BCUT2D eigenvalue weighted by molar-refractivity contribution is 0.102. The van der Waals surface area contributed by atoms with Gasteiger partial charge in [0, 0.05) is 13.5 Å². The third-order valence-electron chi connectivity index (χ3n) is 4.17. The minimum absolute atomic E-state index is 0.0377. The molecule has 0 radical (unpaired) electrons. The van der Waals surface area contributed by atoms with E-state index < -0.39 is 6.09 Å². The highest BCUT2D eigenvalue weighted by Crippen LogP contribution is 2.28. The zero-order chi connectivity index (χ0) is 18.5. The van der Waals surface area contributed by atoms with E-state index in [4.69, 9.17) is 9.47 Å². The Morgan fingerprint density at radius 1 is 1.35 bits per heavy atom. The van der Waals surface area contributed by atoms with E-state index >= 15 is 0 Å². The van der Waals surface area contributed by atoms with Gasteiger partial charge in [0.2, 0.25) is 0 Å². The lowest BCUT2D eigenvalue weighted by Gasteiger charge is -2.22. The van der Waals surface area contributed by atoms with Crippen molar-refractivity contribution in [3.63, 3.8) is 0 Å². The van der Waals surface area contributed by atoms with Gasteiger partial charge in [-0.3, -0.25) is 9.69 Å². The first-order valence-corrected chi connectivity index (χ1v) is 9.44. The van der Waals surface area contributed by atoms with Gasteiger partial charge in [0.05, 0.1) is 23.2 Å². The Labute approximate surface area is 156 Å². The van der Waals surface area contributed by atoms with Crippen molar-refractivity contribution in [2.75, 3.05) is 18.1 Å². The minimum Gasteiger partial charge on any atom is -0.444 e. The summed E-state index contributed by atoms with van der Waals surface area (Å²) in [7, 11) is 0. The van der Waals surface area contributed by atoms with Gasteiger partial charge in [-0.2, -0.15) is 0 Å². The summed E-state index contributed by atoms with van der Waals surface area (Å²) in [6.07, 6.45) is 1.36. The van der Waals surface area contributed by atoms with Crippen LogP contribution in [0.1, 0.15) is 40.7 Å². The molecule has 3 rings (SSSR count). The highest BCUT2D eigenvalue weighted by molar-refractivity contribution is 7.17. The molecule has 1 amide bonds. The molecule has 26 heavy (non-hydrogen) atoms. The Morgan fingerprint density at radius 2 is 2.12 bits per heavy atom. The van der Waals surface area contributed by atoms with Crippen molar-refractivity contribution >= 4 is 28.3 Å². The quantitative estimate of drug-likeness (QED) is 0.716. The number of anilines is 1. The maximum Gasteiger partial charge on any atom is 0.416 e. The fourth-order valence-corrected chi connectivity index (χ4v) is 3.81. The van der Waals surface area contributed by atoms with Crippen molar-refractivity contribution in [1.82, 2.24) is 4.98 Å². The average molecular weight is 374 g/mol. The highest BCUT2D eigenvalue weighted by Gasteiger charge is 2.28. The Kier molecular flexibility index (Phi) is 6.00. The third-order valence-corrected chi connectivity index (χ3v) is 5.45. The van der Waals surface area contributed by atoms with E-state index in [1.807, 2.05) is 30.3 Å². The molecule has 1 saturated heterocycles. The minimum atomic E-state index is -0.479. The molecule has 1 aliphatic heterocycles. The molecule has 7 heteroatoms. The average Bonchev–Trinajstić information content (AvgIpc) is 3.28. The van der Waals surface area contributed by atoms with Crippen molar-refractivity contribution in [3.8, 4) is 0 Å². The van der Waals surface area contributed by atoms with Gasteiger partial charge in [-0.1, -0.05) is 41.7 Å². The van der Waals surface area contributed by atoms with Crippen LogP contribution in [0.5, 0.6) is 0 Å². The summed E-state index contributed by atoms with van der Waals surface area (Å²) in [5, 5.41) is 0.473. The summed E-state index contributed by atoms with van der Waals surface area (Å²) in [6, 6.07) is 9.52. The van der Waals surface area contributed by atoms with Gasteiger partial charge in [0.25, 0.3) is 0 Å². The second kappa shape index (κ2) is 8.42. The topological polar surface area (TPSA) is 68.7 Å². The Balaban J connectivity index is 1.76. The molecule has 1 fully saturated rings. The molecule has 0 spiro atoms. The Bertz CT molecular complexity index is 769. The molecular weight excluding hydrogens is 352 g/mol. The van der Waals surface area contributed by atoms with E-state index in [-0.39, 0.29) is 18.5 Å². The number of benzene rings is 1. The number of ketones is 1. The first kappa shape index (κ1) is 18.5. The maximum absolute atomic E-state index is 12.7. The first-order chi connectivity index (χ1) is 12.5.